The maximum absolute atomic E-state index is 9.49. The van der Waals surface area contributed by atoms with E-state index < -0.39 is 0 Å². The third-order valence-electron chi connectivity index (χ3n) is 5.89. The maximum Gasteiger partial charge on any atom is 0.151 e. The summed E-state index contributed by atoms with van der Waals surface area (Å²) in [6.45, 7) is 2.64. The molecule has 0 radical (unpaired) electrons. The normalized spacial score (nSPS) is 15.8. The number of hydrogen-bond acceptors (Lipinski definition) is 7. The molecule has 0 spiro atoms. The predicted molar refractivity (Wildman–Crippen MR) is 115 cm³/mol. The first kappa shape index (κ1) is 18.5. The lowest BCUT2D eigenvalue weighted by atomic mass is 9.94. The topological polar surface area (TPSA) is 90.6 Å². The van der Waals surface area contributed by atoms with E-state index in [1.807, 2.05) is 30.3 Å². The molecule has 3 aromatic rings. The Morgan fingerprint density at radius 2 is 1.90 bits per heavy atom. The molecule has 0 bridgehead atoms. The zero-order valence-corrected chi connectivity index (χ0v) is 16.8. The minimum atomic E-state index is 0.496. The van der Waals surface area contributed by atoms with Crippen molar-refractivity contribution in [3.8, 4) is 17.3 Å². The first-order chi connectivity index (χ1) is 14.8. The molecular formula is C23H23N7. The first-order valence-corrected chi connectivity index (χ1v) is 10.5. The third kappa shape index (κ3) is 3.69. The zero-order chi connectivity index (χ0) is 20.3. The number of nitrogens with zero attached hydrogens (tertiary/aromatic N) is 6. The Morgan fingerprint density at radius 1 is 1.07 bits per heavy atom. The molecule has 2 aliphatic rings. The molecule has 0 unspecified atom stereocenters. The van der Waals surface area contributed by atoms with Crippen LogP contribution in [0.1, 0.15) is 29.7 Å². The number of aryl methyl sites for hydroxylation is 2. The summed E-state index contributed by atoms with van der Waals surface area (Å²) in [5.74, 6) is 2.13. The van der Waals surface area contributed by atoms with Gasteiger partial charge < -0.3 is 10.2 Å². The van der Waals surface area contributed by atoms with Crippen LogP contribution >= 0.6 is 0 Å². The van der Waals surface area contributed by atoms with Crippen molar-refractivity contribution in [1.82, 2.24) is 20.2 Å². The quantitative estimate of drug-likeness (QED) is 0.707. The number of nitrogens with one attached hydrogen (secondary N) is 1. The molecule has 4 heterocycles. The average molecular weight is 397 g/mol. The van der Waals surface area contributed by atoms with Crippen LogP contribution < -0.4 is 10.2 Å². The van der Waals surface area contributed by atoms with Crippen LogP contribution in [-0.4, -0.2) is 39.8 Å². The highest BCUT2D eigenvalue weighted by molar-refractivity contribution is 5.59. The van der Waals surface area contributed by atoms with E-state index in [2.05, 4.69) is 31.5 Å². The molecular weight excluding hydrogens is 374 g/mol. The SMILES string of the molecule is N#Cc1cc2c(nc1NCC1CN(c3ccc(-c4ccncc4)nn3)C1)CCCC2. The van der Waals surface area contributed by atoms with E-state index in [1.54, 1.807) is 12.4 Å². The number of anilines is 2. The van der Waals surface area contributed by atoms with E-state index in [0.717, 1.165) is 61.1 Å². The second-order valence-electron chi connectivity index (χ2n) is 7.97. The minimum Gasteiger partial charge on any atom is -0.369 e. The van der Waals surface area contributed by atoms with Crippen LogP contribution in [0.25, 0.3) is 11.3 Å². The molecule has 150 valence electrons. The third-order valence-corrected chi connectivity index (χ3v) is 5.89. The van der Waals surface area contributed by atoms with Crippen LogP contribution in [0.2, 0.25) is 0 Å². The van der Waals surface area contributed by atoms with Crippen molar-refractivity contribution in [2.75, 3.05) is 29.9 Å². The second-order valence-corrected chi connectivity index (χ2v) is 7.97. The van der Waals surface area contributed by atoms with Crippen LogP contribution in [-0.2, 0) is 12.8 Å². The minimum absolute atomic E-state index is 0.496. The summed E-state index contributed by atoms with van der Waals surface area (Å²) in [7, 11) is 0. The zero-order valence-electron chi connectivity index (χ0n) is 16.8. The van der Waals surface area contributed by atoms with Crippen LogP contribution in [0, 0.1) is 17.2 Å². The molecule has 1 fully saturated rings. The van der Waals surface area contributed by atoms with Gasteiger partial charge in [0.25, 0.3) is 0 Å². The van der Waals surface area contributed by atoms with Crippen LogP contribution in [0.5, 0.6) is 0 Å². The summed E-state index contributed by atoms with van der Waals surface area (Å²) >= 11 is 0. The second kappa shape index (κ2) is 8.07. The lowest BCUT2D eigenvalue weighted by Gasteiger charge is -2.40. The van der Waals surface area contributed by atoms with Crippen molar-refractivity contribution >= 4 is 11.6 Å². The predicted octanol–water partition coefficient (Wildman–Crippen LogP) is 3.23. The summed E-state index contributed by atoms with van der Waals surface area (Å²) in [6.07, 6.45) is 7.94. The van der Waals surface area contributed by atoms with Gasteiger partial charge in [-0.05, 0) is 61.6 Å². The van der Waals surface area contributed by atoms with E-state index >= 15 is 0 Å². The number of pyridine rings is 2. The fourth-order valence-electron chi connectivity index (χ4n) is 4.15. The maximum atomic E-state index is 9.49. The van der Waals surface area contributed by atoms with E-state index in [-0.39, 0.29) is 0 Å². The molecule has 0 saturated carbocycles. The van der Waals surface area contributed by atoms with E-state index in [9.17, 15) is 5.26 Å². The standard InChI is InChI=1S/C23H23N7/c24-12-19-11-18-3-1-2-4-20(18)27-23(19)26-13-16-14-30(15-16)22-6-5-21(28-29-22)17-7-9-25-10-8-17/h5-11,16H,1-4,13-15H2,(H,26,27). The number of rotatable bonds is 5. The molecule has 7 heteroatoms. The Bertz CT molecular complexity index is 1070. The van der Waals surface area contributed by atoms with Gasteiger partial charge in [0.15, 0.2) is 5.82 Å². The Hall–Kier alpha value is -3.53. The molecule has 7 nitrogen and oxygen atoms in total. The van der Waals surface area contributed by atoms with Crippen molar-refractivity contribution < 1.29 is 0 Å². The fourth-order valence-corrected chi connectivity index (χ4v) is 4.15. The Labute approximate surface area is 175 Å². The molecule has 3 aromatic heterocycles. The van der Waals surface area contributed by atoms with Gasteiger partial charge in [0.05, 0.1) is 11.3 Å². The highest BCUT2D eigenvalue weighted by atomic mass is 15.3. The van der Waals surface area contributed by atoms with Gasteiger partial charge in [0, 0.05) is 49.2 Å². The Balaban J connectivity index is 1.18. The molecule has 0 amide bonds. The summed E-state index contributed by atoms with van der Waals surface area (Å²) in [5, 5.41) is 21.6. The highest BCUT2D eigenvalue weighted by Gasteiger charge is 2.28. The lowest BCUT2D eigenvalue weighted by Crippen LogP contribution is -2.50. The van der Waals surface area contributed by atoms with Crippen molar-refractivity contribution in [2.45, 2.75) is 25.7 Å². The van der Waals surface area contributed by atoms with Gasteiger partial charge in [-0.25, -0.2) is 4.98 Å². The first-order valence-electron chi connectivity index (χ1n) is 10.5. The van der Waals surface area contributed by atoms with Crippen molar-refractivity contribution in [1.29, 1.82) is 5.26 Å². The largest absolute Gasteiger partial charge is 0.369 e. The van der Waals surface area contributed by atoms with Crippen molar-refractivity contribution in [2.24, 2.45) is 5.92 Å². The fraction of sp³-hybridized carbons (Fsp3) is 0.348. The van der Waals surface area contributed by atoms with Gasteiger partial charge in [-0.2, -0.15) is 5.26 Å². The number of fused-ring (bicyclic) bond motifs is 1. The molecule has 1 N–H and O–H groups in total. The summed E-state index contributed by atoms with van der Waals surface area (Å²) in [4.78, 5) is 11.0. The van der Waals surface area contributed by atoms with Crippen LogP contribution in [0.4, 0.5) is 11.6 Å². The molecule has 0 atom stereocenters. The van der Waals surface area contributed by atoms with E-state index in [0.29, 0.717) is 11.5 Å². The van der Waals surface area contributed by atoms with Crippen molar-refractivity contribution in [3.05, 3.63) is 59.5 Å². The molecule has 30 heavy (non-hydrogen) atoms. The molecule has 0 aromatic carbocycles. The van der Waals surface area contributed by atoms with Gasteiger partial charge >= 0.3 is 0 Å². The average Bonchev–Trinajstić information content (AvgIpc) is 2.78. The number of hydrogen-bond donors (Lipinski definition) is 1. The van der Waals surface area contributed by atoms with Gasteiger partial charge in [-0.3, -0.25) is 4.98 Å². The molecule has 5 rings (SSSR count). The molecule has 1 aliphatic heterocycles. The Kier molecular flexibility index (Phi) is 4.98. The van der Waals surface area contributed by atoms with Gasteiger partial charge in [-0.15, -0.1) is 10.2 Å². The Morgan fingerprint density at radius 3 is 2.67 bits per heavy atom. The lowest BCUT2D eigenvalue weighted by molar-refractivity contribution is 0.425. The highest BCUT2D eigenvalue weighted by Crippen LogP contribution is 2.27. The number of aromatic nitrogens is 4. The van der Waals surface area contributed by atoms with Crippen LogP contribution in [0.3, 0.4) is 0 Å². The molecule has 1 aliphatic carbocycles. The van der Waals surface area contributed by atoms with Crippen molar-refractivity contribution in [3.63, 3.8) is 0 Å². The van der Waals surface area contributed by atoms with Gasteiger partial charge in [0.1, 0.15) is 11.9 Å². The van der Waals surface area contributed by atoms with Gasteiger partial charge in [-0.1, -0.05) is 0 Å². The summed E-state index contributed by atoms with van der Waals surface area (Å²) < 4.78 is 0. The monoisotopic (exact) mass is 397 g/mol. The number of nitriles is 1. The summed E-state index contributed by atoms with van der Waals surface area (Å²) in [5.41, 5.74) is 4.92. The molecule has 1 saturated heterocycles. The van der Waals surface area contributed by atoms with Crippen LogP contribution in [0.15, 0.2) is 42.7 Å². The van der Waals surface area contributed by atoms with Gasteiger partial charge in [0.2, 0.25) is 0 Å². The smallest absolute Gasteiger partial charge is 0.151 e. The van der Waals surface area contributed by atoms with E-state index in [1.165, 1.54) is 18.4 Å². The van der Waals surface area contributed by atoms with E-state index in [4.69, 9.17) is 4.98 Å². The summed E-state index contributed by atoms with van der Waals surface area (Å²) in [6, 6.07) is 12.2.